The van der Waals surface area contributed by atoms with Gasteiger partial charge in [-0.15, -0.1) is 4.40 Å². The molecule has 1 aliphatic heterocycles. The molecule has 2 atom stereocenters. The molecule has 11 heteroatoms. The molecule has 0 aliphatic carbocycles. The number of sulfonamides is 1. The van der Waals surface area contributed by atoms with E-state index in [9.17, 15) is 17.2 Å². The molecule has 2 aromatic rings. The largest absolute Gasteiger partial charge is 0.457 e. The van der Waals surface area contributed by atoms with Crippen LogP contribution >= 0.6 is 15.9 Å². The Bertz CT molecular complexity index is 1260. The maximum atomic E-state index is 14.8. The second-order valence-corrected chi connectivity index (χ2v) is 18.7. The number of hydrogen-bond donors (Lipinski definition) is 1. The van der Waals surface area contributed by atoms with Crippen LogP contribution in [0.1, 0.15) is 63.5 Å². The first-order valence-electron chi connectivity index (χ1n) is 12.1. The summed E-state index contributed by atoms with van der Waals surface area (Å²) in [4.78, 5) is 0. The van der Waals surface area contributed by atoms with Crippen molar-refractivity contribution in [1.82, 2.24) is 5.32 Å². The predicted octanol–water partition coefficient (Wildman–Crippen LogP) is 7.01. The topological polar surface area (TPSA) is 77.0 Å². The van der Waals surface area contributed by atoms with Gasteiger partial charge in [-0.2, -0.15) is 0 Å². The van der Waals surface area contributed by atoms with E-state index in [1.54, 1.807) is 38.1 Å². The zero-order valence-corrected chi connectivity index (χ0v) is 25.6. The molecule has 6 nitrogen and oxygen atoms in total. The lowest BCUT2D eigenvalue weighted by atomic mass is 9.97. The summed E-state index contributed by atoms with van der Waals surface area (Å²) in [5.74, 6) is -1.46. The molecule has 0 spiro atoms. The van der Waals surface area contributed by atoms with E-state index in [2.05, 4.69) is 59.5 Å². The fraction of sp³-hybridized carbons (Fsp3) is 0.500. The Morgan fingerprint density at radius 1 is 1.16 bits per heavy atom. The molecule has 2 aromatic carbocycles. The van der Waals surface area contributed by atoms with Crippen LogP contribution in [0.3, 0.4) is 0 Å². The minimum absolute atomic E-state index is 0.0201. The van der Waals surface area contributed by atoms with Crippen molar-refractivity contribution in [3.8, 4) is 0 Å². The Morgan fingerprint density at radius 2 is 1.78 bits per heavy atom. The van der Waals surface area contributed by atoms with Gasteiger partial charge in [-0.05, 0) is 62.2 Å². The van der Waals surface area contributed by atoms with Crippen molar-refractivity contribution in [3.05, 3.63) is 69.7 Å². The van der Waals surface area contributed by atoms with Crippen LogP contribution in [-0.4, -0.2) is 35.0 Å². The highest BCUT2D eigenvalue weighted by Crippen LogP contribution is 2.41. The maximum Gasteiger partial charge on any atom is 0.301 e. The van der Waals surface area contributed by atoms with E-state index in [4.69, 9.17) is 9.16 Å². The van der Waals surface area contributed by atoms with E-state index >= 15 is 0 Å². The van der Waals surface area contributed by atoms with Gasteiger partial charge in [0.15, 0.2) is 8.32 Å². The van der Waals surface area contributed by atoms with Gasteiger partial charge in [0, 0.05) is 22.7 Å². The summed E-state index contributed by atoms with van der Waals surface area (Å²) in [5.41, 5.74) is -0.475. The Hall–Kier alpha value is -1.82. The maximum absolute atomic E-state index is 14.8. The Labute approximate surface area is 228 Å². The van der Waals surface area contributed by atoms with Crippen LogP contribution in [-0.2, 0) is 19.2 Å². The zero-order valence-electron chi connectivity index (χ0n) is 22.2. The van der Waals surface area contributed by atoms with Gasteiger partial charge in [-0.1, -0.05) is 54.9 Å². The Balaban J connectivity index is 1.92. The molecular weight excluding hydrogens is 582 g/mol. The molecule has 204 valence electrons. The fourth-order valence-corrected chi connectivity index (χ4v) is 7.02. The molecule has 1 unspecified atom stereocenters. The van der Waals surface area contributed by atoms with Gasteiger partial charge in [0.05, 0.1) is 6.04 Å². The lowest BCUT2D eigenvalue weighted by Crippen LogP contribution is -2.48. The number of nitrogens with zero attached hydrogens (tertiary/aromatic N) is 1. The van der Waals surface area contributed by atoms with E-state index in [0.29, 0.717) is 5.56 Å². The summed E-state index contributed by atoms with van der Waals surface area (Å²) < 4.78 is 72.1. The SMILES string of the molecule is CC1(C)OC(N[C@@H](CCO[Si](C)(C)C(C)(C)C)c2ccc(F)cc2F)=NS(=O)(=O)C1c1ccc(Br)cc1. The number of halogens is 3. The number of hydrogen-bond acceptors (Lipinski definition) is 5. The van der Waals surface area contributed by atoms with Crippen LogP contribution in [0.2, 0.25) is 18.1 Å². The van der Waals surface area contributed by atoms with Gasteiger partial charge in [0.2, 0.25) is 0 Å². The van der Waals surface area contributed by atoms with Gasteiger partial charge >= 0.3 is 6.02 Å². The van der Waals surface area contributed by atoms with E-state index < -0.39 is 46.9 Å². The normalized spacial score (nSPS) is 20.1. The molecule has 0 bridgehead atoms. The minimum Gasteiger partial charge on any atom is -0.457 e. The van der Waals surface area contributed by atoms with E-state index in [-0.39, 0.29) is 29.7 Å². The molecule has 0 aromatic heterocycles. The van der Waals surface area contributed by atoms with Crippen molar-refractivity contribution in [2.75, 3.05) is 6.61 Å². The molecule has 1 aliphatic rings. The van der Waals surface area contributed by atoms with Crippen LogP contribution in [0.5, 0.6) is 0 Å². The highest BCUT2D eigenvalue weighted by molar-refractivity contribution is 9.10. The van der Waals surface area contributed by atoms with E-state index in [0.717, 1.165) is 16.6 Å². The van der Waals surface area contributed by atoms with Crippen LogP contribution < -0.4 is 5.32 Å². The lowest BCUT2D eigenvalue weighted by molar-refractivity contribution is 0.0760. The monoisotopic (exact) mass is 616 g/mol. The average Bonchev–Trinajstić information content (AvgIpc) is 2.72. The van der Waals surface area contributed by atoms with Crippen LogP contribution in [0.4, 0.5) is 8.78 Å². The Kier molecular flexibility index (Phi) is 8.63. The number of ether oxygens (including phenoxy) is 1. The van der Waals surface area contributed by atoms with Crippen molar-refractivity contribution < 1.29 is 26.4 Å². The van der Waals surface area contributed by atoms with Crippen molar-refractivity contribution in [1.29, 1.82) is 0 Å². The highest BCUT2D eigenvalue weighted by atomic mass is 79.9. The molecule has 1 heterocycles. The Morgan fingerprint density at radius 3 is 2.32 bits per heavy atom. The smallest absolute Gasteiger partial charge is 0.301 e. The minimum atomic E-state index is -4.05. The first kappa shape index (κ1) is 29.7. The molecule has 0 amide bonds. The molecule has 0 radical (unpaired) electrons. The molecule has 0 fully saturated rings. The number of rotatable bonds is 7. The van der Waals surface area contributed by atoms with Crippen molar-refractivity contribution in [2.24, 2.45) is 4.40 Å². The molecular formula is C26H35BrF2N2O4SSi. The summed E-state index contributed by atoms with van der Waals surface area (Å²) in [5, 5.41) is 1.90. The van der Waals surface area contributed by atoms with Crippen molar-refractivity contribution in [3.63, 3.8) is 0 Å². The molecule has 3 rings (SSSR count). The quantitative estimate of drug-likeness (QED) is 0.339. The summed E-state index contributed by atoms with van der Waals surface area (Å²) >= 11 is 3.36. The fourth-order valence-electron chi connectivity index (χ4n) is 4.00. The van der Waals surface area contributed by atoms with E-state index in [1.165, 1.54) is 6.07 Å². The first-order valence-corrected chi connectivity index (χ1v) is 17.3. The van der Waals surface area contributed by atoms with Crippen molar-refractivity contribution >= 4 is 40.3 Å². The summed E-state index contributed by atoms with van der Waals surface area (Å²) in [6.07, 6.45) is 0.286. The van der Waals surface area contributed by atoms with Gasteiger partial charge in [0.25, 0.3) is 10.0 Å². The molecule has 0 saturated carbocycles. The van der Waals surface area contributed by atoms with Crippen LogP contribution in [0.25, 0.3) is 0 Å². The highest BCUT2D eigenvalue weighted by Gasteiger charge is 2.47. The van der Waals surface area contributed by atoms with E-state index in [1.807, 2.05) is 0 Å². The van der Waals surface area contributed by atoms with Gasteiger partial charge in [-0.3, -0.25) is 0 Å². The van der Waals surface area contributed by atoms with Gasteiger partial charge in [-0.25, -0.2) is 17.2 Å². The standard InChI is InChI=1S/C26H35BrF2N2O4SSi/c1-25(2,3)37(6,7)34-15-14-22(20-13-12-19(28)16-21(20)29)30-24-31-36(32,33)23(26(4,5)35-24)17-8-10-18(27)11-9-17/h8-13,16,22-23H,14-15H2,1-7H3,(H,30,31)/t22-,23?/m0/s1. The third-order valence-electron chi connectivity index (χ3n) is 6.98. The number of nitrogens with one attached hydrogen (secondary N) is 1. The lowest BCUT2D eigenvalue weighted by Gasteiger charge is -2.38. The second-order valence-electron chi connectivity index (χ2n) is 11.3. The van der Waals surface area contributed by atoms with Crippen LogP contribution in [0, 0.1) is 11.6 Å². The molecule has 37 heavy (non-hydrogen) atoms. The third kappa shape index (κ3) is 6.98. The zero-order chi connectivity index (χ0) is 27.8. The second kappa shape index (κ2) is 10.7. The molecule has 0 saturated heterocycles. The predicted molar refractivity (Wildman–Crippen MR) is 148 cm³/mol. The average molecular weight is 618 g/mol. The van der Waals surface area contributed by atoms with Gasteiger partial charge < -0.3 is 14.5 Å². The summed E-state index contributed by atoms with van der Waals surface area (Å²) in [6.45, 7) is 14.2. The number of benzene rings is 2. The van der Waals surface area contributed by atoms with Gasteiger partial charge in [0.1, 0.15) is 22.5 Å². The third-order valence-corrected chi connectivity index (χ3v) is 13.9. The first-order chi connectivity index (χ1) is 16.9. The molecule has 1 N–H and O–H groups in total. The van der Waals surface area contributed by atoms with Crippen LogP contribution in [0.15, 0.2) is 51.3 Å². The number of amidine groups is 1. The summed E-state index contributed by atoms with van der Waals surface area (Å²) in [6, 6.07) is 9.23. The summed E-state index contributed by atoms with van der Waals surface area (Å²) in [7, 11) is -6.13. The van der Waals surface area contributed by atoms with Crippen molar-refractivity contribution in [2.45, 2.75) is 76.1 Å².